The summed E-state index contributed by atoms with van der Waals surface area (Å²) in [5.41, 5.74) is 2.05. The Balaban J connectivity index is 1.36. The van der Waals surface area contributed by atoms with Crippen LogP contribution in [0.2, 0.25) is 0 Å². The molecular formula is C22H33N3O2. The summed E-state index contributed by atoms with van der Waals surface area (Å²) < 4.78 is 6.01. The molecule has 0 spiro atoms. The number of rotatable bonds is 8. The normalized spacial score (nSPS) is 23.0. The fourth-order valence-corrected chi connectivity index (χ4v) is 4.15. The first kappa shape index (κ1) is 19.9. The number of amides is 1. The first-order valence-corrected chi connectivity index (χ1v) is 10.3. The van der Waals surface area contributed by atoms with E-state index in [1.54, 1.807) is 0 Å². The summed E-state index contributed by atoms with van der Waals surface area (Å²) >= 11 is 0. The van der Waals surface area contributed by atoms with Crippen molar-refractivity contribution >= 4 is 16.9 Å². The van der Waals surface area contributed by atoms with Crippen LogP contribution in [0.1, 0.15) is 52.3 Å². The van der Waals surface area contributed by atoms with Crippen LogP contribution in [0, 0.1) is 17.8 Å². The van der Waals surface area contributed by atoms with E-state index in [1.807, 2.05) is 24.3 Å². The number of hydrogen-bond donors (Lipinski definition) is 2. The number of hydrogen-bond acceptors (Lipinski definition) is 3. The first-order valence-electron chi connectivity index (χ1n) is 10.3. The van der Waals surface area contributed by atoms with Gasteiger partial charge in [-0.15, -0.1) is 0 Å². The Hall–Kier alpha value is -1.88. The van der Waals surface area contributed by atoms with Crippen LogP contribution in [0.3, 0.4) is 0 Å². The molecule has 1 saturated carbocycles. The van der Waals surface area contributed by atoms with Crippen LogP contribution in [0.4, 0.5) is 0 Å². The van der Waals surface area contributed by atoms with Gasteiger partial charge >= 0.3 is 0 Å². The summed E-state index contributed by atoms with van der Waals surface area (Å²) in [6.45, 7) is 7.62. The Labute approximate surface area is 162 Å². The van der Waals surface area contributed by atoms with Crippen LogP contribution in [0.5, 0.6) is 0 Å². The number of aromatic nitrogens is 2. The second kappa shape index (κ2) is 9.36. The fourth-order valence-electron chi connectivity index (χ4n) is 4.15. The van der Waals surface area contributed by atoms with Crippen molar-refractivity contribution in [1.82, 2.24) is 15.3 Å². The number of imidazole rings is 1. The Kier molecular flexibility index (Phi) is 6.89. The zero-order valence-corrected chi connectivity index (χ0v) is 16.8. The molecule has 1 aromatic carbocycles. The number of H-pyrrole nitrogens is 1. The second-order valence-electron chi connectivity index (χ2n) is 8.33. The highest BCUT2D eigenvalue weighted by molar-refractivity contribution is 5.77. The molecular weight excluding hydrogens is 338 g/mol. The number of carbonyl (C=O) groups is 1. The maximum Gasteiger partial charge on any atom is 0.246 e. The van der Waals surface area contributed by atoms with Crippen molar-refractivity contribution in [3.8, 4) is 0 Å². The molecule has 1 heterocycles. The van der Waals surface area contributed by atoms with Gasteiger partial charge in [-0.25, -0.2) is 4.98 Å². The number of para-hydroxylation sites is 2. The van der Waals surface area contributed by atoms with Crippen molar-refractivity contribution in [2.75, 3.05) is 13.2 Å². The molecule has 3 atom stereocenters. The highest BCUT2D eigenvalue weighted by atomic mass is 16.5. The largest absolute Gasteiger partial charge is 0.368 e. The number of fused-ring (bicyclic) bond motifs is 1. The van der Waals surface area contributed by atoms with Crippen molar-refractivity contribution in [2.24, 2.45) is 17.8 Å². The Bertz CT molecular complexity index is 707. The van der Waals surface area contributed by atoms with Crippen molar-refractivity contribution in [3.05, 3.63) is 30.1 Å². The molecule has 0 aliphatic heterocycles. The van der Waals surface area contributed by atoms with Crippen LogP contribution >= 0.6 is 0 Å². The number of aryl methyl sites for hydroxylation is 1. The van der Waals surface area contributed by atoms with Gasteiger partial charge in [0.2, 0.25) is 5.91 Å². The fraction of sp³-hybridized carbons (Fsp3) is 0.636. The van der Waals surface area contributed by atoms with E-state index in [4.69, 9.17) is 4.74 Å². The van der Waals surface area contributed by atoms with E-state index in [2.05, 4.69) is 36.1 Å². The average molecular weight is 372 g/mol. The van der Waals surface area contributed by atoms with Crippen LogP contribution in [0.25, 0.3) is 11.0 Å². The van der Waals surface area contributed by atoms with Gasteiger partial charge in [0.05, 0.1) is 17.1 Å². The molecule has 2 aromatic rings. The van der Waals surface area contributed by atoms with Gasteiger partial charge in [-0.05, 0) is 49.1 Å². The maximum absolute atomic E-state index is 12.1. The smallest absolute Gasteiger partial charge is 0.246 e. The minimum absolute atomic E-state index is 0.0136. The van der Waals surface area contributed by atoms with Gasteiger partial charge in [0, 0.05) is 13.0 Å². The lowest BCUT2D eigenvalue weighted by molar-refractivity contribution is -0.131. The molecule has 0 radical (unpaired) electrons. The van der Waals surface area contributed by atoms with E-state index in [0.717, 1.165) is 36.1 Å². The molecule has 27 heavy (non-hydrogen) atoms. The molecule has 1 amide bonds. The predicted octanol–water partition coefficient (Wildman–Crippen LogP) is 4.09. The topological polar surface area (TPSA) is 67.0 Å². The number of nitrogens with one attached hydrogen (secondary N) is 2. The van der Waals surface area contributed by atoms with Crippen molar-refractivity contribution in [2.45, 2.75) is 59.0 Å². The van der Waals surface area contributed by atoms with Gasteiger partial charge in [0.15, 0.2) is 0 Å². The minimum atomic E-state index is -0.0136. The molecule has 0 bridgehead atoms. The number of nitrogens with zero attached hydrogens (tertiary/aromatic N) is 1. The van der Waals surface area contributed by atoms with Crippen LogP contribution in [-0.4, -0.2) is 35.1 Å². The molecule has 1 aliphatic carbocycles. The van der Waals surface area contributed by atoms with Gasteiger partial charge in [-0.1, -0.05) is 39.3 Å². The number of carbonyl (C=O) groups excluding carboxylic acids is 1. The van der Waals surface area contributed by atoms with Crippen molar-refractivity contribution in [3.63, 3.8) is 0 Å². The second-order valence-corrected chi connectivity index (χ2v) is 8.33. The summed E-state index contributed by atoms with van der Waals surface area (Å²) in [6.07, 6.45) is 5.46. The summed E-state index contributed by atoms with van der Waals surface area (Å²) in [5.74, 6) is 2.83. The lowest BCUT2D eigenvalue weighted by Crippen LogP contribution is -2.37. The number of aromatic amines is 1. The summed E-state index contributed by atoms with van der Waals surface area (Å²) in [4.78, 5) is 20.0. The highest BCUT2D eigenvalue weighted by Crippen LogP contribution is 2.35. The standard InChI is InChI=1S/C22H33N3O2/c1-15(2)17-11-10-16(3)13-20(17)27-14-22(26)23-12-6-9-21-24-18-7-4-5-8-19(18)25-21/h4-5,7-8,15-17,20H,6,9-14H2,1-3H3,(H,23,26)(H,24,25)/t16-,17+,20+/m1/s1. The van der Waals surface area contributed by atoms with Gasteiger partial charge < -0.3 is 15.0 Å². The Morgan fingerprint density at radius 1 is 1.33 bits per heavy atom. The number of ether oxygens (including phenoxy) is 1. The lowest BCUT2D eigenvalue weighted by atomic mass is 9.75. The molecule has 5 heteroatoms. The van der Waals surface area contributed by atoms with E-state index in [1.165, 1.54) is 12.8 Å². The summed E-state index contributed by atoms with van der Waals surface area (Å²) in [6, 6.07) is 8.03. The minimum Gasteiger partial charge on any atom is -0.368 e. The molecule has 5 nitrogen and oxygen atoms in total. The third-order valence-electron chi connectivity index (χ3n) is 5.74. The van der Waals surface area contributed by atoms with Gasteiger partial charge in [-0.3, -0.25) is 4.79 Å². The maximum atomic E-state index is 12.1. The third kappa shape index (κ3) is 5.55. The summed E-state index contributed by atoms with van der Waals surface area (Å²) in [7, 11) is 0. The van der Waals surface area contributed by atoms with Crippen LogP contribution in [-0.2, 0) is 16.0 Å². The van der Waals surface area contributed by atoms with Gasteiger partial charge in [0.1, 0.15) is 12.4 Å². The Morgan fingerprint density at radius 2 is 2.15 bits per heavy atom. The van der Waals surface area contributed by atoms with E-state index >= 15 is 0 Å². The lowest BCUT2D eigenvalue weighted by Gasteiger charge is -2.37. The predicted molar refractivity (Wildman–Crippen MR) is 109 cm³/mol. The molecule has 0 unspecified atom stereocenters. The zero-order valence-electron chi connectivity index (χ0n) is 16.8. The Morgan fingerprint density at radius 3 is 2.93 bits per heavy atom. The molecule has 2 N–H and O–H groups in total. The van der Waals surface area contributed by atoms with Gasteiger partial charge in [0.25, 0.3) is 0 Å². The molecule has 1 aliphatic rings. The number of benzene rings is 1. The van der Waals surface area contributed by atoms with E-state index in [9.17, 15) is 4.79 Å². The van der Waals surface area contributed by atoms with E-state index < -0.39 is 0 Å². The zero-order chi connectivity index (χ0) is 19.2. The monoisotopic (exact) mass is 371 g/mol. The third-order valence-corrected chi connectivity index (χ3v) is 5.74. The highest BCUT2D eigenvalue weighted by Gasteiger charge is 2.31. The molecule has 1 fully saturated rings. The SMILES string of the molecule is CC(C)[C@@H]1CC[C@@H](C)C[C@@H]1OCC(=O)NCCCc1nc2ccccc2[nH]1. The van der Waals surface area contributed by atoms with Crippen LogP contribution in [0.15, 0.2) is 24.3 Å². The van der Waals surface area contributed by atoms with E-state index in [-0.39, 0.29) is 18.6 Å². The molecule has 148 valence electrons. The average Bonchev–Trinajstić information content (AvgIpc) is 3.06. The molecule has 1 aromatic heterocycles. The van der Waals surface area contributed by atoms with Crippen molar-refractivity contribution in [1.29, 1.82) is 0 Å². The first-order chi connectivity index (χ1) is 13.0. The molecule has 0 saturated heterocycles. The van der Waals surface area contributed by atoms with E-state index in [0.29, 0.717) is 24.3 Å². The van der Waals surface area contributed by atoms with Crippen molar-refractivity contribution < 1.29 is 9.53 Å². The summed E-state index contributed by atoms with van der Waals surface area (Å²) in [5, 5.41) is 2.98. The molecule has 3 rings (SSSR count). The van der Waals surface area contributed by atoms with Crippen LogP contribution < -0.4 is 5.32 Å². The quantitative estimate of drug-likeness (QED) is 0.687. The van der Waals surface area contributed by atoms with Gasteiger partial charge in [-0.2, -0.15) is 0 Å².